The van der Waals surface area contributed by atoms with Gasteiger partial charge in [-0.2, -0.15) is 0 Å². The van der Waals surface area contributed by atoms with Gasteiger partial charge in [-0.15, -0.1) is 0 Å². The summed E-state index contributed by atoms with van der Waals surface area (Å²) in [6.45, 7) is 6.51. The first-order valence-electron chi connectivity index (χ1n) is 5.72. The molecule has 1 aromatic carbocycles. The monoisotopic (exact) mass is 262 g/mol. The van der Waals surface area contributed by atoms with Crippen molar-refractivity contribution in [2.75, 3.05) is 0 Å². The molecule has 2 rings (SSSR count). The topological polar surface area (TPSA) is 35.0 Å². The predicted octanol–water partition coefficient (Wildman–Crippen LogP) is 4.22. The molecule has 0 amide bonds. The van der Waals surface area contributed by atoms with Gasteiger partial charge in [0, 0.05) is 12.4 Å². The molecule has 1 aromatic heterocycles. The lowest BCUT2D eigenvalue weighted by atomic mass is 9.87. The molecule has 0 saturated carbocycles. The Morgan fingerprint density at radius 1 is 1.00 bits per heavy atom. The van der Waals surface area contributed by atoms with Crippen LogP contribution in [0.25, 0.3) is 0 Å². The summed E-state index contributed by atoms with van der Waals surface area (Å²) in [4.78, 5) is 7.94. The Morgan fingerprint density at radius 3 is 2.17 bits per heavy atom. The molecule has 0 bridgehead atoms. The number of hydrogen-bond acceptors (Lipinski definition) is 3. The first-order chi connectivity index (χ1) is 8.47. The number of rotatable bonds is 2. The Balaban J connectivity index is 2.19. The van der Waals surface area contributed by atoms with Gasteiger partial charge in [-0.25, -0.2) is 9.97 Å². The van der Waals surface area contributed by atoms with Crippen molar-refractivity contribution in [1.82, 2.24) is 9.97 Å². The third-order valence-corrected chi connectivity index (χ3v) is 2.82. The normalized spacial score (nSPS) is 11.3. The molecule has 1 heterocycles. The molecule has 2 aromatic rings. The Bertz CT molecular complexity index is 532. The Kier molecular flexibility index (Phi) is 3.53. The molecule has 0 aliphatic carbocycles. The highest BCUT2D eigenvalue weighted by Gasteiger charge is 2.13. The molecule has 0 spiro atoms. The molecule has 0 aliphatic heterocycles. The van der Waals surface area contributed by atoms with Crippen molar-refractivity contribution < 1.29 is 4.74 Å². The van der Waals surface area contributed by atoms with Gasteiger partial charge in [0.2, 0.25) is 0 Å². The second-order valence-corrected chi connectivity index (χ2v) is 5.39. The van der Waals surface area contributed by atoms with Crippen LogP contribution in [0.15, 0.2) is 36.7 Å². The smallest absolute Gasteiger partial charge is 0.257 e. The van der Waals surface area contributed by atoms with Crippen molar-refractivity contribution in [3.63, 3.8) is 0 Å². The lowest BCUT2D eigenvalue weighted by Crippen LogP contribution is -2.10. The van der Waals surface area contributed by atoms with Gasteiger partial charge in [0.05, 0.1) is 0 Å². The van der Waals surface area contributed by atoms with E-state index in [1.54, 1.807) is 6.20 Å². The quantitative estimate of drug-likeness (QED) is 0.813. The average molecular weight is 263 g/mol. The van der Waals surface area contributed by atoms with Gasteiger partial charge in [0.15, 0.2) is 5.15 Å². The first kappa shape index (κ1) is 12.8. The van der Waals surface area contributed by atoms with Gasteiger partial charge in [-0.3, -0.25) is 0 Å². The van der Waals surface area contributed by atoms with E-state index in [2.05, 4.69) is 30.7 Å². The van der Waals surface area contributed by atoms with Crippen molar-refractivity contribution in [1.29, 1.82) is 0 Å². The van der Waals surface area contributed by atoms with E-state index in [9.17, 15) is 0 Å². The highest BCUT2D eigenvalue weighted by molar-refractivity contribution is 6.30. The van der Waals surface area contributed by atoms with E-state index >= 15 is 0 Å². The largest absolute Gasteiger partial charge is 0.436 e. The molecule has 0 radical (unpaired) electrons. The van der Waals surface area contributed by atoms with Gasteiger partial charge in [0.1, 0.15) is 5.75 Å². The van der Waals surface area contributed by atoms with E-state index in [0.717, 1.165) is 0 Å². The zero-order valence-corrected chi connectivity index (χ0v) is 11.4. The minimum atomic E-state index is 0.128. The summed E-state index contributed by atoms with van der Waals surface area (Å²) in [6.07, 6.45) is 3.07. The van der Waals surface area contributed by atoms with Crippen LogP contribution in [0.3, 0.4) is 0 Å². The molecule has 0 aliphatic rings. The van der Waals surface area contributed by atoms with Crippen LogP contribution in [0.5, 0.6) is 11.6 Å². The van der Waals surface area contributed by atoms with Gasteiger partial charge >= 0.3 is 0 Å². The zero-order chi connectivity index (χ0) is 13.2. The average Bonchev–Trinajstić information content (AvgIpc) is 2.32. The van der Waals surface area contributed by atoms with Crippen LogP contribution in [-0.2, 0) is 5.41 Å². The van der Waals surface area contributed by atoms with Gasteiger partial charge in [-0.1, -0.05) is 44.5 Å². The van der Waals surface area contributed by atoms with Crippen molar-refractivity contribution in [2.24, 2.45) is 0 Å². The summed E-state index contributed by atoms with van der Waals surface area (Å²) in [5.41, 5.74) is 1.38. The summed E-state index contributed by atoms with van der Waals surface area (Å²) < 4.78 is 5.57. The number of halogens is 1. The third kappa shape index (κ3) is 2.99. The first-order valence-corrected chi connectivity index (χ1v) is 6.09. The molecular weight excluding hydrogens is 248 g/mol. The van der Waals surface area contributed by atoms with Gasteiger partial charge < -0.3 is 4.74 Å². The summed E-state index contributed by atoms with van der Waals surface area (Å²) >= 11 is 5.88. The third-order valence-electron chi connectivity index (χ3n) is 2.56. The van der Waals surface area contributed by atoms with Crippen LogP contribution in [0, 0.1) is 0 Å². The Hall–Kier alpha value is -1.61. The molecular formula is C14H15ClN2O. The molecule has 3 nitrogen and oxygen atoms in total. The highest BCUT2D eigenvalue weighted by atomic mass is 35.5. The van der Waals surface area contributed by atoms with Crippen LogP contribution in [0.2, 0.25) is 5.15 Å². The van der Waals surface area contributed by atoms with Crippen LogP contribution < -0.4 is 4.74 Å². The van der Waals surface area contributed by atoms with Crippen LogP contribution in [-0.4, -0.2) is 9.97 Å². The van der Waals surface area contributed by atoms with E-state index in [-0.39, 0.29) is 10.6 Å². The second-order valence-electron chi connectivity index (χ2n) is 5.03. The number of ether oxygens (including phenoxy) is 1. The number of aromatic nitrogens is 2. The SMILES string of the molecule is CC(C)(C)c1ccc(Oc2nccnc2Cl)cc1. The molecule has 4 heteroatoms. The second kappa shape index (κ2) is 4.94. The predicted molar refractivity (Wildman–Crippen MR) is 72.3 cm³/mol. The van der Waals surface area contributed by atoms with Crippen LogP contribution in [0.4, 0.5) is 0 Å². The summed E-state index contributed by atoms with van der Waals surface area (Å²) in [7, 11) is 0. The maximum absolute atomic E-state index is 5.88. The summed E-state index contributed by atoms with van der Waals surface area (Å²) in [6, 6.07) is 7.90. The van der Waals surface area contributed by atoms with E-state index < -0.39 is 0 Å². The lowest BCUT2D eigenvalue weighted by molar-refractivity contribution is 0.459. The van der Waals surface area contributed by atoms with E-state index in [1.165, 1.54) is 11.8 Å². The maximum atomic E-state index is 5.88. The molecule has 0 N–H and O–H groups in total. The fraction of sp³-hybridized carbons (Fsp3) is 0.286. The molecule has 0 unspecified atom stereocenters. The fourth-order valence-electron chi connectivity index (χ4n) is 1.51. The molecule has 0 fully saturated rings. The van der Waals surface area contributed by atoms with Crippen molar-refractivity contribution in [3.05, 3.63) is 47.4 Å². The highest BCUT2D eigenvalue weighted by Crippen LogP contribution is 2.28. The maximum Gasteiger partial charge on any atom is 0.257 e. The minimum Gasteiger partial charge on any atom is -0.436 e. The van der Waals surface area contributed by atoms with Crippen molar-refractivity contribution in [3.8, 4) is 11.6 Å². The number of benzene rings is 1. The molecule has 0 atom stereocenters. The van der Waals surface area contributed by atoms with E-state index in [4.69, 9.17) is 16.3 Å². The standard InChI is InChI=1S/C14H15ClN2O/c1-14(2,3)10-4-6-11(7-5-10)18-13-12(15)16-8-9-17-13/h4-9H,1-3H3. The number of hydrogen-bond donors (Lipinski definition) is 0. The minimum absolute atomic E-state index is 0.128. The fourth-order valence-corrected chi connectivity index (χ4v) is 1.66. The molecule has 94 valence electrons. The summed E-state index contributed by atoms with van der Waals surface area (Å²) in [5.74, 6) is 1.02. The van der Waals surface area contributed by atoms with Crippen LogP contribution in [0.1, 0.15) is 26.3 Å². The lowest BCUT2D eigenvalue weighted by Gasteiger charge is -2.19. The zero-order valence-electron chi connectivity index (χ0n) is 10.6. The van der Waals surface area contributed by atoms with Crippen molar-refractivity contribution in [2.45, 2.75) is 26.2 Å². The molecule has 0 saturated heterocycles. The van der Waals surface area contributed by atoms with Gasteiger partial charge in [0.25, 0.3) is 5.88 Å². The van der Waals surface area contributed by atoms with Crippen LogP contribution >= 0.6 is 11.6 Å². The number of nitrogens with zero attached hydrogens (tertiary/aromatic N) is 2. The summed E-state index contributed by atoms with van der Waals surface area (Å²) in [5, 5.41) is 0.261. The molecule has 18 heavy (non-hydrogen) atoms. The van der Waals surface area contributed by atoms with E-state index in [1.807, 2.05) is 24.3 Å². The van der Waals surface area contributed by atoms with Crippen molar-refractivity contribution >= 4 is 11.6 Å². The Labute approximate surface area is 112 Å². The Morgan fingerprint density at radius 2 is 1.61 bits per heavy atom. The van der Waals surface area contributed by atoms with E-state index in [0.29, 0.717) is 11.6 Å². The van der Waals surface area contributed by atoms with Gasteiger partial charge in [-0.05, 0) is 23.1 Å².